The molecule has 0 aliphatic heterocycles. The summed E-state index contributed by atoms with van der Waals surface area (Å²) in [4.78, 5) is 0. The van der Waals surface area contributed by atoms with Crippen LogP contribution >= 0.6 is 0 Å². The van der Waals surface area contributed by atoms with Gasteiger partial charge in [0.05, 0.1) is 0 Å². The van der Waals surface area contributed by atoms with Crippen LogP contribution in [0.25, 0.3) is 17.2 Å². The van der Waals surface area contributed by atoms with Gasteiger partial charge in [-0.3, -0.25) is 0 Å². The normalized spacial score (nSPS) is 10.1. The van der Waals surface area contributed by atoms with Gasteiger partial charge < -0.3 is 5.73 Å². The van der Waals surface area contributed by atoms with Crippen molar-refractivity contribution in [3.8, 4) is 11.1 Å². The van der Waals surface area contributed by atoms with E-state index in [-0.39, 0.29) is 0 Å². The Balaban J connectivity index is 2.64. The van der Waals surface area contributed by atoms with Crippen LogP contribution < -0.4 is 5.73 Å². The smallest absolute Gasteiger partial charge is 0.0393 e. The first kappa shape index (κ1) is 10.5. The van der Waals surface area contributed by atoms with E-state index >= 15 is 0 Å². The summed E-state index contributed by atoms with van der Waals surface area (Å²) in [6, 6.07) is 14.3. The third-order valence-electron chi connectivity index (χ3n) is 2.67. The largest absolute Gasteiger partial charge is 0.398 e. The molecule has 0 saturated heterocycles. The van der Waals surface area contributed by atoms with Gasteiger partial charge in [-0.15, -0.1) is 0 Å². The summed E-state index contributed by atoms with van der Waals surface area (Å²) >= 11 is 0. The van der Waals surface area contributed by atoms with Crippen LogP contribution in [0, 0.1) is 6.92 Å². The van der Waals surface area contributed by atoms with Gasteiger partial charge in [-0.2, -0.15) is 0 Å². The fourth-order valence-electron chi connectivity index (χ4n) is 1.88. The van der Waals surface area contributed by atoms with Crippen molar-refractivity contribution in [3.63, 3.8) is 0 Å². The van der Waals surface area contributed by atoms with Crippen molar-refractivity contribution in [2.24, 2.45) is 0 Å². The minimum atomic E-state index is 0.772. The second-order valence-electron chi connectivity index (χ2n) is 3.88. The number of nitrogen functional groups attached to an aromatic ring is 1. The number of hydrogen-bond donors (Lipinski definition) is 1. The molecule has 80 valence electrons. The number of anilines is 1. The quantitative estimate of drug-likeness (QED) is 0.746. The Morgan fingerprint density at radius 1 is 1.12 bits per heavy atom. The van der Waals surface area contributed by atoms with E-state index in [0.717, 1.165) is 16.8 Å². The molecule has 0 unspecified atom stereocenters. The van der Waals surface area contributed by atoms with Gasteiger partial charge in [0.1, 0.15) is 0 Å². The summed E-state index contributed by atoms with van der Waals surface area (Å²) in [7, 11) is 0. The molecule has 2 rings (SSSR count). The first-order chi connectivity index (χ1) is 7.72. The van der Waals surface area contributed by atoms with Gasteiger partial charge in [0.25, 0.3) is 0 Å². The Labute approximate surface area is 96.2 Å². The SMILES string of the molecule is C=Cc1c(N)cccc1-c1cccc(C)c1. The van der Waals surface area contributed by atoms with E-state index in [0.29, 0.717) is 0 Å². The first-order valence-electron chi connectivity index (χ1n) is 5.30. The Morgan fingerprint density at radius 3 is 2.56 bits per heavy atom. The molecule has 0 aromatic heterocycles. The molecule has 16 heavy (non-hydrogen) atoms. The average molecular weight is 209 g/mol. The molecule has 1 heteroatoms. The van der Waals surface area contributed by atoms with Crippen molar-refractivity contribution in [2.45, 2.75) is 6.92 Å². The lowest BCUT2D eigenvalue weighted by molar-refractivity contribution is 1.46. The monoisotopic (exact) mass is 209 g/mol. The van der Waals surface area contributed by atoms with Gasteiger partial charge in [-0.25, -0.2) is 0 Å². The van der Waals surface area contributed by atoms with Gasteiger partial charge >= 0.3 is 0 Å². The maximum absolute atomic E-state index is 5.94. The number of benzene rings is 2. The minimum absolute atomic E-state index is 0.772. The van der Waals surface area contributed by atoms with Crippen LogP contribution in [0.3, 0.4) is 0 Å². The Morgan fingerprint density at radius 2 is 1.88 bits per heavy atom. The first-order valence-corrected chi connectivity index (χ1v) is 5.30. The highest BCUT2D eigenvalue weighted by Gasteiger charge is 2.04. The van der Waals surface area contributed by atoms with Crippen LogP contribution in [-0.4, -0.2) is 0 Å². The standard InChI is InChI=1S/C15H15N/c1-3-13-14(8-5-9-15(13)16)12-7-4-6-11(2)10-12/h3-10H,1,16H2,2H3. The molecule has 0 atom stereocenters. The molecule has 2 aromatic rings. The van der Waals surface area contributed by atoms with Crippen molar-refractivity contribution < 1.29 is 0 Å². The number of rotatable bonds is 2. The predicted molar refractivity (Wildman–Crippen MR) is 71.1 cm³/mol. The molecular formula is C15H15N. The predicted octanol–water partition coefficient (Wildman–Crippen LogP) is 3.89. The van der Waals surface area contributed by atoms with Crippen LogP contribution in [0.15, 0.2) is 49.0 Å². The highest BCUT2D eigenvalue weighted by atomic mass is 14.6. The van der Waals surface area contributed by atoms with Crippen molar-refractivity contribution in [1.29, 1.82) is 0 Å². The zero-order chi connectivity index (χ0) is 11.5. The highest BCUT2D eigenvalue weighted by Crippen LogP contribution is 2.28. The van der Waals surface area contributed by atoms with E-state index in [9.17, 15) is 0 Å². The molecule has 0 heterocycles. The zero-order valence-electron chi connectivity index (χ0n) is 9.40. The number of aryl methyl sites for hydroxylation is 1. The summed E-state index contributed by atoms with van der Waals surface area (Å²) in [5.74, 6) is 0. The van der Waals surface area contributed by atoms with Crippen LogP contribution in [0.4, 0.5) is 5.69 Å². The molecule has 2 aromatic carbocycles. The van der Waals surface area contributed by atoms with Crippen LogP contribution in [0.1, 0.15) is 11.1 Å². The molecule has 0 amide bonds. The average Bonchev–Trinajstić information content (AvgIpc) is 2.28. The molecule has 0 saturated carbocycles. The van der Waals surface area contributed by atoms with Crippen LogP contribution in [0.5, 0.6) is 0 Å². The van der Waals surface area contributed by atoms with E-state index in [1.54, 1.807) is 0 Å². The number of hydrogen-bond acceptors (Lipinski definition) is 1. The number of nitrogens with two attached hydrogens (primary N) is 1. The summed E-state index contributed by atoms with van der Waals surface area (Å²) in [6.45, 7) is 5.91. The second kappa shape index (κ2) is 4.23. The molecule has 0 aliphatic carbocycles. The topological polar surface area (TPSA) is 26.0 Å². The van der Waals surface area contributed by atoms with Crippen molar-refractivity contribution in [3.05, 3.63) is 60.2 Å². The Hall–Kier alpha value is -2.02. The fraction of sp³-hybridized carbons (Fsp3) is 0.0667. The zero-order valence-corrected chi connectivity index (χ0v) is 9.40. The fourth-order valence-corrected chi connectivity index (χ4v) is 1.88. The minimum Gasteiger partial charge on any atom is -0.398 e. The third kappa shape index (κ3) is 1.84. The van der Waals surface area contributed by atoms with Crippen molar-refractivity contribution in [1.82, 2.24) is 0 Å². The Kier molecular flexibility index (Phi) is 2.78. The van der Waals surface area contributed by atoms with E-state index in [2.05, 4.69) is 43.8 Å². The van der Waals surface area contributed by atoms with Gasteiger partial charge in [-0.1, -0.05) is 54.6 Å². The highest BCUT2D eigenvalue weighted by molar-refractivity contribution is 5.81. The van der Waals surface area contributed by atoms with Gasteiger partial charge in [0.2, 0.25) is 0 Å². The summed E-state index contributed by atoms with van der Waals surface area (Å²) in [6.07, 6.45) is 1.81. The molecule has 0 radical (unpaired) electrons. The molecular weight excluding hydrogens is 194 g/mol. The van der Waals surface area contributed by atoms with E-state index < -0.39 is 0 Å². The summed E-state index contributed by atoms with van der Waals surface area (Å²) in [5, 5.41) is 0. The van der Waals surface area contributed by atoms with E-state index in [1.807, 2.05) is 18.2 Å². The van der Waals surface area contributed by atoms with Crippen LogP contribution in [-0.2, 0) is 0 Å². The maximum atomic E-state index is 5.94. The third-order valence-corrected chi connectivity index (χ3v) is 2.67. The van der Waals surface area contributed by atoms with Crippen molar-refractivity contribution >= 4 is 11.8 Å². The molecule has 0 spiro atoms. The maximum Gasteiger partial charge on any atom is 0.0393 e. The summed E-state index contributed by atoms with van der Waals surface area (Å²) in [5.41, 5.74) is 11.3. The lowest BCUT2D eigenvalue weighted by Gasteiger charge is -2.09. The lowest BCUT2D eigenvalue weighted by Crippen LogP contribution is -1.92. The van der Waals surface area contributed by atoms with E-state index in [4.69, 9.17) is 5.73 Å². The molecule has 0 aliphatic rings. The van der Waals surface area contributed by atoms with Gasteiger partial charge in [0.15, 0.2) is 0 Å². The second-order valence-corrected chi connectivity index (χ2v) is 3.88. The van der Waals surface area contributed by atoms with Crippen molar-refractivity contribution in [2.75, 3.05) is 5.73 Å². The molecule has 1 nitrogen and oxygen atoms in total. The van der Waals surface area contributed by atoms with E-state index in [1.165, 1.54) is 11.1 Å². The molecule has 0 fully saturated rings. The molecule has 2 N–H and O–H groups in total. The van der Waals surface area contributed by atoms with Crippen LogP contribution in [0.2, 0.25) is 0 Å². The lowest BCUT2D eigenvalue weighted by atomic mass is 9.97. The molecule has 0 bridgehead atoms. The van der Waals surface area contributed by atoms with Gasteiger partial charge in [0, 0.05) is 11.3 Å². The van der Waals surface area contributed by atoms with Gasteiger partial charge in [-0.05, 0) is 24.1 Å². The Bertz CT molecular complexity index is 527. The summed E-state index contributed by atoms with van der Waals surface area (Å²) < 4.78 is 0.